The highest BCUT2D eigenvalue weighted by molar-refractivity contribution is 6.03. The predicted molar refractivity (Wildman–Crippen MR) is 63.5 cm³/mol. The van der Waals surface area contributed by atoms with Gasteiger partial charge in [-0.2, -0.15) is 5.11 Å². The van der Waals surface area contributed by atoms with Crippen molar-refractivity contribution in [2.24, 2.45) is 15.2 Å². The van der Waals surface area contributed by atoms with E-state index in [1.54, 1.807) is 0 Å². The fraction of sp³-hybridized carbons (Fsp3) is 0.455. The summed E-state index contributed by atoms with van der Waals surface area (Å²) >= 11 is 0. The van der Waals surface area contributed by atoms with Crippen LogP contribution in [0, 0.1) is 6.92 Å². The number of aromatic nitrogens is 1. The molecule has 0 saturated heterocycles. The first-order valence-corrected chi connectivity index (χ1v) is 5.43. The summed E-state index contributed by atoms with van der Waals surface area (Å²) in [4.78, 5) is 8.59. The van der Waals surface area contributed by atoms with Gasteiger partial charge in [0.25, 0.3) is 0 Å². The van der Waals surface area contributed by atoms with Gasteiger partial charge in [0.05, 0.1) is 5.56 Å². The number of aliphatic imine (C=N–C) groups is 1. The van der Waals surface area contributed by atoms with Crippen molar-refractivity contribution in [2.75, 3.05) is 5.73 Å². The molecule has 0 aliphatic carbocycles. The first-order valence-electron chi connectivity index (χ1n) is 5.43. The van der Waals surface area contributed by atoms with Crippen molar-refractivity contribution in [2.45, 2.75) is 32.9 Å². The SMILES string of the molecule is CCCC1N=NC(c2ccc(C)nc2N)=N1. The summed E-state index contributed by atoms with van der Waals surface area (Å²) in [5.41, 5.74) is 7.49. The number of aryl methyl sites for hydroxylation is 1. The van der Waals surface area contributed by atoms with Crippen LogP contribution in [0.3, 0.4) is 0 Å². The Morgan fingerprint density at radius 1 is 1.38 bits per heavy atom. The highest BCUT2D eigenvalue weighted by Gasteiger charge is 2.16. The lowest BCUT2D eigenvalue weighted by Crippen LogP contribution is -2.04. The Morgan fingerprint density at radius 3 is 2.88 bits per heavy atom. The minimum atomic E-state index is -0.0410. The second-order valence-corrected chi connectivity index (χ2v) is 3.82. The second-order valence-electron chi connectivity index (χ2n) is 3.82. The maximum Gasteiger partial charge on any atom is 0.182 e. The molecular formula is C11H15N5. The molecule has 0 aromatic carbocycles. The van der Waals surface area contributed by atoms with Gasteiger partial charge in [0, 0.05) is 5.69 Å². The fourth-order valence-electron chi connectivity index (χ4n) is 1.58. The fourth-order valence-corrected chi connectivity index (χ4v) is 1.58. The van der Waals surface area contributed by atoms with Crippen LogP contribution in [0.4, 0.5) is 5.82 Å². The molecule has 84 valence electrons. The number of nitrogen functional groups attached to an aromatic ring is 1. The van der Waals surface area contributed by atoms with Crippen molar-refractivity contribution in [1.29, 1.82) is 0 Å². The Balaban J connectivity index is 2.26. The van der Waals surface area contributed by atoms with Crippen LogP contribution < -0.4 is 5.73 Å². The van der Waals surface area contributed by atoms with Crippen LogP contribution in [0.25, 0.3) is 0 Å². The molecule has 16 heavy (non-hydrogen) atoms. The Kier molecular flexibility index (Phi) is 2.94. The Hall–Kier alpha value is -1.78. The summed E-state index contributed by atoms with van der Waals surface area (Å²) in [5, 5.41) is 8.14. The van der Waals surface area contributed by atoms with Crippen LogP contribution >= 0.6 is 0 Å². The number of nitrogens with two attached hydrogens (primary N) is 1. The van der Waals surface area contributed by atoms with Crippen LogP contribution in [-0.2, 0) is 0 Å². The molecule has 0 spiro atoms. The van der Waals surface area contributed by atoms with E-state index in [0.29, 0.717) is 11.7 Å². The molecule has 1 unspecified atom stereocenters. The molecule has 2 N–H and O–H groups in total. The third kappa shape index (κ3) is 2.08. The number of nitrogens with zero attached hydrogens (tertiary/aromatic N) is 4. The summed E-state index contributed by atoms with van der Waals surface area (Å²) in [6.07, 6.45) is 1.93. The van der Waals surface area contributed by atoms with Crippen LogP contribution in [-0.4, -0.2) is 17.0 Å². The number of hydrogen-bond acceptors (Lipinski definition) is 5. The van der Waals surface area contributed by atoms with E-state index >= 15 is 0 Å². The standard InChI is InChI=1S/C11H15N5/c1-3-4-9-14-11(16-15-9)8-6-5-7(2)13-10(8)12/h5-6,9H,3-4H2,1-2H3,(H2,12,13). The highest BCUT2D eigenvalue weighted by atomic mass is 15.3. The zero-order valence-electron chi connectivity index (χ0n) is 9.51. The first kappa shape index (κ1) is 10.7. The molecule has 0 radical (unpaired) electrons. The molecular weight excluding hydrogens is 202 g/mol. The van der Waals surface area contributed by atoms with Crippen molar-refractivity contribution in [3.05, 3.63) is 23.4 Å². The van der Waals surface area contributed by atoms with E-state index in [9.17, 15) is 0 Å². The third-order valence-corrected chi connectivity index (χ3v) is 2.41. The number of azo groups is 1. The van der Waals surface area contributed by atoms with Crippen molar-refractivity contribution in [3.8, 4) is 0 Å². The lowest BCUT2D eigenvalue weighted by molar-refractivity contribution is 0.629. The van der Waals surface area contributed by atoms with E-state index < -0.39 is 0 Å². The van der Waals surface area contributed by atoms with Gasteiger partial charge < -0.3 is 5.73 Å². The van der Waals surface area contributed by atoms with E-state index in [-0.39, 0.29) is 6.17 Å². The lowest BCUT2D eigenvalue weighted by atomic mass is 10.2. The average molecular weight is 217 g/mol. The quantitative estimate of drug-likeness (QED) is 0.843. The smallest absolute Gasteiger partial charge is 0.182 e. The average Bonchev–Trinajstić information content (AvgIpc) is 2.67. The van der Waals surface area contributed by atoms with Gasteiger partial charge in [-0.1, -0.05) is 13.3 Å². The van der Waals surface area contributed by atoms with E-state index in [4.69, 9.17) is 5.73 Å². The summed E-state index contributed by atoms with van der Waals surface area (Å²) < 4.78 is 0. The molecule has 1 aromatic rings. The molecule has 5 heteroatoms. The summed E-state index contributed by atoms with van der Waals surface area (Å²) in [6, 6.07) is 3.79. The van der Waals surface area contributed by atoms with E-state index in [1.165, 1.54) is 0 Å². The van der Waals surface area contributed by atoms with Gasteiger partial charge in [0.15, 0.2) is 12.0 Å². The molecule has 0 saturated carbocycles. The van der Waals surface area contributed by atoms with Gasteiger partial charge in [-0.3, -0.25) is 0 Å². The van der Waals surface area contributed by atoms with Gasteiger partial charge >= 0.3 is 0 Å². The monoisotopic (exact) mass is 217 g/mol. The van der Waals surface area contributed by atoms with Crippen LogP contribution in [0.2, 0.25) is 0 Å². The molecule has 1 aliphatic heterocycles. The minimum Gasteiger partial charge on any atom is -0.383 e. The molecule has 1 aliphatic rings. The molecule has 0 fully saturated rings. The van der Waals surface area contributed by atoms with Crippen molar-refractivity contribution in [3.63, 3.8) is 0 Å². The maximum absolute atomic E-state index is 5.83. The van der Waals surface area contributed by atoms with E-state index in [2.05, 4.69) is 27.1 Å². The highest BCUT2D eigenvalue weighted by Crippen LogP contribution is 2.19. The van der Waals surface area contributed by atoms with Crippen LogP contribution in [0.1, 0.15) is 31.0 Å². The van der Waals surface area contributed by atoms with Gasteiger partial charge in [0.2, 0.25) is 0 Å². The minimum absolute atomic E-state index is 0.0410. The topological polar surface area (TPSA) is 76.0 Å². The predicted octanol–water partition coefficient (Wildman–Crippen LogP) is 2.31. The van der Waals surface area contributed by atoms with Crippen molar-refractivity contribution >= 4 is 11.7 Å². The number of pyridine rings is 1. The van der Waals surface area contributed by atoms with E-state index in [0.717, 1.165) is 24.1 Å². The van der Waals surface area contributed by atoms with Gasteiger partial charge in [-0.15, -0.1) is 5.11 Å². The Morgan fingerprint density at radius 2 is 2.19 bits per heavy atom. The first-order chi connectivity index (χ1) is 7.70. The van der Waals surface area contributed by atoms with Gasteiger partial charge in [0.1, 0.15) is 5.82 Å². The molecule has 2 heterocycles. The Bertz CT molecular complexity index is 450. The molecule has 2 rings (SSSR count). The normalized spacial score (nSPS) is 18.9. The zero-order chi connectivity index (χ0) is 11.5. The maximum atomic E-state index is 5.83. The van der Waals surface area contributed by atoms with Crippen LogP contribution in [0.15, 0.2) is 27.4 Å². The zero-order valence-corrected chi connectivity index (χ0v) is 9.51. The summed E-state index contributed by atoms with van der Waals surface area (Å²) in [5.74, 6) is 1.07. The largest absolute Gasteiger partial charge is 0.383 e. The molecule has 1 atom stereocenters. The second kappa shape index (κ2) is 4.38. The van der Waals surface area contributed by atoms with Crippen LogP contribution in [0.5, 0.6) is 0 Å². The lowest BCUT2D eigenvalue weighted by Gasteiger charge is -2.02. The van der Waals surface area contributed by atoms with Crippen molar-refractivity contribution in [1.82, 2.24) is 4.98 Å². The number of anilines is 1. The molecule has 5 nitrogen and oxygen atoms in total. The van der Waals surface area contributed by atoms with Gasteiger partial charge in [-0.25, -0.2) is 9.98 Å². The summed E-state index contributed by atoms with van der Waals surface area (Å²) in [6.45, 7) is 4.00. The number of amidine groups is 1. The molecule has 0 bridgehead atoms. The van der Waals surface area contributed by atoms with Gasteiger partial charge in [-0.05, 0) is 25.5 Å². The van der Waals surface area contributed by atoms with E-state index in [1.807, 2.05) is 19.1 Å². The Labute approximate surface area is 94.5 Å². The third-order valence-electron chi connectivity index (χ3n) is 2.41. The molecule has 0 amide bonds. The number of hydrogen-bond donors (Lipinski definition) is 1. The summed E-state index contributed by atoms with van der Waals surface area (Å²) in [7, 11) is 0. The molecule has 1 aromatic heterocycles. The number of rotatable bonds is 3. The van der Waals surface area contributed by atoms with Crippen molar-refractivity contribution < 1.29 is 0 Å².